The first kappa shape index (κ1) is 11.5. The molecule has 0 radical (unpaired) electrons. The first-order valence-corrected chi connectivity index (χ1v) is 5.61. The third-order valence-electron chi connectivity index (χ3n) is 1.87. The molecule has 0 aliphatic carbocycles. The van der Waals surface area contributed by atoms with Crippen molar-refractivity contribution in [3.8, 4) is 5.75 Å². The lowest BCUT2D eigenvalue weighted by Crippen LogP contribution is -1.97. The van der Waals surface area contributed by atoms with Crippen LogP contribution in [0.3, 0.4) is 0 Å². The molecule has 0 fully saturated rings. The fraction of sp³-hybridized carbons (Fsp3) is 0.455. The second kappa shape index (κ2) is 6.85. The minimum Gasteiger partial charge on any atom is -0.494 e. The molecule has 0 aliphatic heterocycles. The Kier molecular flexibility index (Phi) is 5.64. The molecule has 0 unspecified atom stereocenters. The molecule has 0 spiro atoms. The summed E-state index contributed by atoms with van der Waals surface area (Å²) in [6, 6.07) is 7.81. The number of unbranched alkanes of at least 4 members (excludes halogenated alkanes) is 2. The number of hydrogen-bond donors (Lipinski definition) is 1. The average molecular weight is 259 g/mol. The first-order chi connectivity index (χ1) is 6.83. The molecular formula is C11H15BrO2. The van der Waals surface area contributed by atoms with Gasteiger partial charge >= 0.3 is 0 Å². The van der Waals surface area contributed by atoms with Crippen LogP contribution >= 0.6 is 15.9 Å². The molecule has 0 heterocycles. The van der Waals surface area contributed by atoms with Crippen LogP contribution in [0.2, 0.25) is 0 Å². The summed E-state index contributed by atoms with van der Waals surface area (Å²) >= 11 is 3.38. The normalized spacial score (nSPS) is 10.1. The van der Waals surface area contributed by atoms with Crippen molar-refractivity contribution in [1.29, 1.82) is 0 Å². The molecule has 1 aromatic rings. The Morgan fingerprint density at radius 1 is 1.21 bits per heavy atom. The molecule has 1 aromatic carbocycles. The molecule has 1 rings (SSSR count). The van der Waals surface area contributed by atoms with E-state index in [2.05, 4.69) is 15.9 Å². The zero-order chi connectivity index (χ0) is 10.2. The van der Waals surface area contributed by atoms with Crippen molar-refractivity contribution in [2.45, 2.75) is 19.3 Å². The summed E-state index contributed by atoms with van der Waals surface area (Å²) in [5.74, 6) is 0.892. The van der Waals surface area contributed by atoms with Gasteiger partial charge in [-0.25, -0.2) is 0 Å². The van der Waals surface area contributed by atoms with E-state index in [0.29, 0.717) is 0 Å². The molecule has 0 atom stereocenters. The van der Waals surface area contributed by atoms with E-state index < -0.39 is 0 Å². The van der Waals surface area contributed by atoms with Crippen molar-refractivity contribution in [2.75, 3.05) is 13.2 Å². The summed E-state index contributed by atoms with van der Waals surface area (Å²) in [5.41, 5.74) is 0. The van der Waals surface area contributed by atoms with Crippen molar-refractivity contribution in [3.05, 3.63) is 28.7 Å². The van der Waals surface area contributed by atoms with E-state index in [-0.39, 0.29) is 6.61 Å². The zero-order valence-electron chi connectivity index (χ0n) is 8.08. The Morgan fingerprint density at radius 2 is 2.07 bits per heavy atom. The Labute approximate surface area is 93.0 Å². The average Bonchev–Trinajstić information content (AvgIpc) is 2.18. The summed E-state index contributed by atoms with van der Waals surface area (Å²) < 4.78 is 6.55. The van der Waals surface area contributed by atoms with Crippen molar-refractivity contribution >= 4 is 15.9 Å². The fourth-order valence-electron chi connectivity index (χ4n) is 1.14. The minimum absolute atomic E-state index is 0.275. The van der Waals surface area contributed by atoms with Crippen LogP contribution in [0.25, 0.3) is 0 Å². The third-order valence-corrected chi connectivity index (χ3v) is 2.36. The Bertz CT molecular complexity index is 263. The molecule has 14 heavy (non-hydrogen) atoms. The Morgan fingerprint density at radius 3 is 2.79 bits per heavy atom. The smallest absolute Gasteiger partial charge is 0.120 e. The second-order valence-corrected chi connectivity index (χ2v) is 4.01. The molecular weight excluding hydrogens is 244 g/mol. The SMILES string of the molecule is OCCCCCOc1cccc(Br)c1. The van der Waals surface area contributed by atoms with Crippen LogP contribution in [0.4, 0.5) is 0 Å². The maximum Gasteiger partial charge on any atom is 0.120 e. The van der Waals surface area contributed by atoms with Gasteiger partial charge in [0.25, 0.3) is 0 Å². The van der Waals surface area contributed by atoms with Gasteiger partial charge in [0.2, 0.25) is 0 Å². The van der Waals surface area contributed by atoms with Gasteiger partial charge in [0.05, 0.1) is 6.61 Å². The largest absolute Gasteiger partial charge is 0.494 e. The van der Waals surface area contributed by atoms with E-state index in [4.69, 9.17) is 9.84 Å². The van der Waals surface area contributed by atoms with Crippen LogP contribution in [0.1, 0.15) is 19.3 Å². The van der Waals surface area contributed by atoms with E-state index >= 15 is 0 Å². The van der Waals surface area contributed by atoms with Crippen molar-refractivity contribution < 1.29 is 9.84 Å². The van der Waals surface area contributed by atoms with Crippen LogP contribution < -0.4 is 4.74 Å². The van der Waals surface area contributed by atoms with E-state index in [1.165, 1.54) is 0 Å². The van der Waals surface area contributed by atoms with Crippen LogP contribution in [0.15, 0.2) is 28.7 Å². The van der Waals surface area contributed by atoms with E-state index in [1.54, 1.807) is 0 Å². The van der Waals surface area contributed by atoms with Gasteiger partial charge in [-0.3, -0.25) is 0 Å². The number of benzene rings is 1. The number of halogens is 1. The molecule has 0 saturated carbocycles. The highest BCUT2D eigenvalue weighted by Crippen LogP contribution is 2.17. The van der Waals surface area contributed by atoms with Gasteiger partial charge < -0.3 is 9.84 Å². The fourth-order valence-corrected chi connectivity index (χ4v) is 1.52. The summed E-state index contributed by atoms with van der Waals surface area (Å²) in [7, 11) is 0. The van der Waals surface area contributed by atoms with Crippen LogP contribution in [-0.2, 0) is 0 Å². The van der Waals surface area contributed by atoms with Gasteiger partial charge in [-0.1, -0.05) is 22.0 Å². The summed E-state index contributed by atoms with van der Waals surface area (Å²) in [4.78, 5) is 0. The molecule has 0 aromatic heterocycles. The summed E-state index contributed by atoms with van der Waals surface area (Å²) in [6.45, 7) is 0.993. The van der Waals surface area contributed by atoms with Crippen molar-refractivity contribution in [2.24, 2.45) is 0 Å². The van der Waals surface area contributed by atoms with Gasteiger partial charge in [-0.2, -0.15) is 0 Å². The summed E-state index contributed by atoms with van der Waals surface area (Å²) in [6.07, 6.45) is 2.87. The number of rotatable bonds is 6. The van der Waals surface area contributed by atoms with Gasteiger partial charge in [-0.15, -0.1) is 0 Å². The van der Waals surface area contributed by atoms with Crippen LogP contribution in [0.5, 0.6) is 5.75 Å². The predicted molar refractivity (Wildman–Crippen MR) is 60.6 cm³/mol. The Balaban J connectivity index is 2.18. The molecule has 3 heteroatoms. The van der Waals surface area contributed by atoms with Crippen LogP contribution in [-0.4, -0.2) is 18.3 Å². The predicted octanol–water partition coefficient (Wildman–Crippen LogP) is 2.99. The number of ether oxygens (including phenoxy) is 1. The molecule has 0 bridgehead atoms. The van der Waals surface area contributed by atoms with Crippen molar-refractivity contribution in [3.63, 3.8) is 0 Å². The molecule has 1 N–H and O–H groups in total. The van der Waals surface area contributed by atoms with Gasteiger partial charge in [-0.05, 0) is 37.5 Å². The minimum atomic E-state index is 0.275. The quantitative estimate of drug-likeness (QED) is 0.796. The summed E-state index contributed by atoms with van der Waals surface area (Å²) in [5, 5.41) is 8.57. The standard InChI is InChI=1S/C11H15BrO2/c12-10-5-4-6-11(9-10)14-8-3-1-2-7-13/h4-6,9,13H,1-3,7-8H2. The zero-order valence-corrected chi connectivity index (χ0v) is 9.66. The number of aliphatic hydroxyl groups excluding tert-OH is 1. The number of aliphatic hydroxyl groups is 1. The van der Waals surface area contributed by atoms with Crippen molar-refractivity contribution in [1.82, 2.24) is 0 Å². The monoisotopic (exact) mass is 258 g/mol. The van der Waals surface area contributed by atoms with E-state index in [1.807, 2.05) is 24.3 Å². The first-order valence-electron chi connectivity index (χ1n) is 4.82. The van der Waals surface area contributed by atoms with Gasteiger partial charge in [0.15, 0.2) is 0 Å². The lowest BCUT2D eigenvalue weighted by atomic mass is 10.2. The highest BCUT2D eigenvalue weighted by Gasteiger charge is 1.94. The maximum absolute atomic E-state index is 8.57. The topological polar surface area (TPSA) is 29.5 Å². The van der Waals surface area contributed by atoms with Crippen LogP contribution in [0, 0.1) is 0 Å². The third kappa shape index (κ3) is 4.63. The van der Waals surface area contributed by atoms with Gasteiger partial charge in [0.1, 0.15) is 5.75 Å². The van der Waals surface area contributed by atoms with E-state index in [9.17, 15) is 0 Å². The lowest BCUT2D eigenvalue weighted by molar-refractivity contribution is 0.266. The Hall–Kier alpha value is -0.540. The van der Waals surface area contributed by atoms with Gasteiger partial charge in [0, 0.05) is 11.1 Å². The molecule has 0 amide bonds. The maximum atomic E-state index is 8.57. The molecule has 78 valence electrons. The highest BCUT2D eigenvalue weighted by atomic mass is 79.9. The molecule has 0 aliphatic rings. The molecule has 0 saturated heterocycles. The highest BCUT2D eigenvalue weighted by molar-refractivity contribution is 9.10. The lowest BCUT2D eigenvalue weighted by Gasteiger charge is -2.05. The second-order valence-electron chi connectivity index (χ2n) is 3.09. The van der Waals surface area contributed by atoms with E-state index in [0.717, 1.165) is 36.1 Å². The number of hydrogen-bond acceptors (Lipinski definition) is 2. The molecule has 2 nitrogen and oxygen atoms in total.